The average Bonchev–Trinajstić information content (AvgIpc) is 3.03. The molecule has 1 heterocycles. The SMILES string of the molecule is COCCCN(C)C(=O)c1ccc(-n2ccnc2SC)cc1. The molecule has 5 nitrogen and oxygen atoms in total. The van der Waals surface area contributed by atoms with E-state index in [-0.39, 0.29) is 5.91 Å². The number of hydrogen-bond acceptors (Lipinski definition) is 4. The number of nitrogens with zero attached hydrogens (tertiary/aromatic N) is 3. The molecule has 1 amide bonds. The topological polar surface area (TPSA) is 47.4 Å². The standard InChI is InChI=1S/C16H21N3O2S/c1-18(10-4-12-21-2)15(20)13-5-7-14(8-6-13)19-11-9-17-16(19)22-3/h5-9,11H,4,10,12H2,1-3H3. The maximum atomic E-state index is 12.3. The number of benzene rings is 1. The summed E-state index contributed by atoms with van der Waals surface area (Å²) in [6, 6.07) is 7.60. The zero-order valence-electron chi connectivity index (χ0n) is 13.2. The third kappa shape index (κ3) is 3.90. The molecule has 1 aromatic carbocycles. The fraction of sp³-hybridized carbons (Fsp3) is 0.375. The van der Waals surface area contributed by atoms with Crippen molar-refractivity contribution in [2.24, 2.45) is 0 Å². The number of aromatic nitrogens is 2. The zero-order valence-corrected chi connectivity index (χ0v) is 14.0. The molecular weight excluding hydrogens is 298 g/mol. The zero-order chi connectivity index (χ0) is 15.9. The summed E-state index contributed by atoms with van der Waals surface area (Å²) < 4.78 is 7.01. The number of thioether (sulfide) groups is 1. The van der Waals surface area contributed by atoms with Crippen LogP contribution in [0.25, 0.3) is 5.69 Å². The number of imidazole rings is 1. The summed E-state index contributed by atoms with van der Waals surface area (Å²) in [5.41, 5.74) is 1.69. The van der Waals surface area contributed by atoms with E-state index in [4.69, 9.17) is 4.74 Å². The Morgan fingerprint density at radius 3 is 2.73 bits per heavy atom. The lowest BCUT2D eigenvalue weighted by Gasteiger charge is -2.17. The first-order valence-electron chi connectivity index (χ1n) is 7.09. The van der Waals surface area contributed by atoms with E-state index in [1.54, 1.807) is 30.0 Å². The van der Waals surface area contributed by atoms with Crippen molar-refractivity contribution < 1.29 is 9.53 Å². The van der Waals surface area contributed by atoms with Crippen molar-refractivity contribution in [1.82, 2.24) is 14.5 Å². The van der Waals surface area contributed by atoms with Gasteiger partial charge in [0.05, 0.1) is 0 Å². The largest absolute Gasteiger partial charge is 0.385 e. The minimum absolute atomic E-state index is 0.0263. The molecule has 1 aromatic heterocycles. The molecule has 22 heavy (non-hydrogen) atoms. The molecule has 2 aromatic rings. The normalized spacial score (nSPS) is 10.7. The molecule has 0 bridgehead atoms. The Kier molecular flexibility index (Phi) is 6.03. The summed E-state index contributed by atoms with van der Waals surface area (Å²) in [7, 11) is 3.48. The van der Waals surface area contributed by atoms with E-state index in [1.807, 2.05) is 48.3 Å². The highest BCUT2D eigenvalue weighted by atomic mass is 32.2. The van der Waals surface area contributed by atoms with Crippen molar-refractivity contribution in [2.75, 3.05) is 33.6 Å². The molecule has 0 fully saturated rings. The molecule has 118 valence electrons. The Balaban J connectivity index is 2.07. The van der Waals surface area contributed by atoms with E-state index in [9.17, 15) is 4.79 Å². The smallest absolute Gasteiger partial charge is 0.253 e. The number of amides is 1. The number of ether oxygens (including phenoxy) is 1. The van der Waals surface area contributed by atoms with Crippen LogP contribution in [0.2, 0.25) is 0 Å². The van der Waals surface area contributed by atoms with Crippen molar-refractivity contribution >= 4 is 17.7 Å². The molecule has 0 saturated heterocycles. The summed E-state index contributed by atoms with van der Waals surface area (Å²) in [4.78, 5) is 18.3. The first-order chi connectivity index (χ1) is 10.7. The highest BCUT2D eigenvalue weighted by Gasteiger charge is 2.12. The third-order valence-corrected chi connectivity index (χ3v) is 4.04. The summed E-state index contributed by atoms with van der Waals surface area (Å²) >= 11 is 1.59. The van der Waals surface area contributed by atoms with Gasteiger partial charge in [-0.3, -0.25) is 9.36 Å². The van der Waals surface area contributed by atoms with Gasteiger partial charge < -0.3 is 9.64 Å². The molecule has 0 atom stereocenters. The van der Waals surface area contributed by atoms with Gasteiger partial charge in [0.15, 0.2) is 5.16 Å². The van der Waals surface area contributed by atoms with E-state index in [2.05, 4.69) is 4.98 Å². The van der Waals surface area contributed by atoms with Crippen molar-refractivity contribution in [2.45, 2.75) is 11.6 Å². The van der Waals surface area contributed by atoms with Crippen LogP contribution in [0, 0.1) is 0 Å². The van der Waals surface area contributed by atoms with Gasteiger partial charge in [0.2, 0.25) is 0 Å². The molecule has 2 rings (SSSR count). The number of methoxy groups -OCH3 is 1. The van der Waals surface area contributed by atoms with Gasteiger partial charge in [-0.25, -0.2) is 4.98 Å². The van der Waals surface area contributed by atoms with Crippen LogP contribution in [0.15, 0.2) is 41.8 Å². The molecule has 0 aliphatic heterocycles. The molecule has 0 radical (unpaired) electrons. The van der Waals surface area contributed by atoms with Crippen molar-refractivity contribution in [3.63, 3.8) is 0 Å². The highest BCUT2D eigenvalue weighted by Crippen LogP contribution is 2.18. The van der Waals surface area contributed by atoms with Crippen molar-refractivity contribution in [1.29, 1.82) is 0 Å². The summed E-state index contributed by atoms with van der Waals surface area (Å²) in [6.07, 6.45) is 6.52. The number of carbonyl (C=O) groups excluding carboxylic acids is 1. The summed E-state index contributed by atoms with van der Waals surface area (Å²) in [5.74, 6) is 0.0263. The second kappa shape index (κ2) is 8.00. The van der Waals surface area contributed by atoms with Gasteiger partial charge >= 0.3 is 0 Å². The van der Waals surface area contributed by atoms with Gasteiger partial charge in [0, 0.05) is 51.0 Å². The first kappa shape index (κ1) is 16.6. The quantitative estimate of drug-likeness (QED) is 0.581. The number of hydrogen-bond donors (Lipinski definition) is 0. The Hall–Kier alpha value is -1.79. The average molecular weight is 319 g/mol. The van der Waals surface area contributed by atoms with Crippen LogP contribution in [-0.4, -0.2) is 53.9 Å². The van der Waals surface area contributed by atoms with E-state index in [1.165, 1.54) is 0 Å². The molecular formula is C16H21N3O2S. The lowest BCUT2D eigenvalue weighted by atomic mass is 10.2. The fourth-order valence-corrected chi connectivity index (χ4v) is 2.70. The predicted octanol–water partition coefficient (Wildman–Crippen LogP) is 2.70. The second-order valence-corrected chi connectivity index (χ2v) is 5.68. The maximum absolute atomic E-state index is 12.3. The maximum Gasteiger partial charge on any atom is 0.253 e. The van der Waals surface area contributed by atoms with Crippen LogP contribution >= 0.6 is 11.8 Å². The molecule has 0 spiro atoms. The van der Waals surface area contributed by atoms with E-state index < -0.39 is 0 Å². The number of rotatable bonds is 7. The fourth-order valence-electron chi connectivity index (χ4n) is 2.17. The lowest BCUT2D eigenvalue weighted by Crippen LogP contribution is -2.28. The number of carbonyl (C=O) groups is 1. The third-order valence-electron chi connectivity index (χ3n) is 3.37. The molecule has 6 heteroatoms. The first-order valence-corrected chi connectivity index (χ1v) is 8.32. The lowest BCUT2D eigenvalue weighted by molar-refractivity contribution is 0.0779. The Labute approximate surface area is 135 Å². The van der Waals surface area contributed by atoms with Crippen LogP contribution < -0.4 is 0 Å². The van der Waals surface area contributed by atoms with E-state index in [0.717, 1.165) is 17.3 Å². The minimum atomic E-state index is 0.0263. The molecule has 0 N–H and O–H groups in total. The summed E-state index contributed by atoms with van der Waals surface area (Å²) in [5, 5.41) is 0.927. The van der Waals surface area contributed by atoms with E-state index in [0.29, 0.717) is 18.7 Å². The molecule has 0 saturated carbocycles. The van der Waals surface area contributed by atoms with Crippen molar-refractivity contribution in [3.8, 4) is 5.69 Å². The van der Waals surface area contributed by atoms with Gasteiger partial charge in [-0.1, -0.05) is 11.8 Å². The van der Waals surface area contributed by atoms with Gasteiger partial charge in [-0.15, -0.1) is 0 Å². The Bertz CT molecular complexity index is 610. The molecule has 0 unspecified atom stereocenters. The van der Waals surface area contributed by atoms with Crippen LogP contribution in [-0.2, 0) is 4.74 Å². The van der Waals surface area contributed by atoms with E-state index >= 15 is 0 Å². The Morgan fingerprint density at radius 1 is 1.36 bits per heavy atom. The Morgan fingerprint density at radius 2 is 2.09 bits per heavy atom. The van der Waals surface area contributed by atoms with Crippen LogP contribution in [0.1, 0.15) is 16.8 Å². The molecule has 0 aliphatic rings. The van der Waals surface area contributed by atoms with Gasteiger partial charge in [-0.05, 0) is 36.9 Å². The summed E-state index contributed by atoms with van der Waals surface area (Å²) in [6.45, 7) is 1.35. The van der Waals surface area contributed by atoms with Crippen LogP contribution in [0.5, 0.6) is 0 Å². The van der Waals surface area contributed by atoms with Crippen LogP contribution in [0.4, 0.5) is 0 Å². The van der Waals surface area contributed by atoms with Crippen LogP contribution in [0.3, 0.4) is 0 Å². The van der Waals surface area contributed by atoms with Gasteiger partial charge in [0.1, 0.15) is 0 Å². The minimum Gasteiger partial charge on any atom is -0.385 e. The second-order valence-electron chi connectivity index (χ2n) is 4.90. The van der Waals surface area contributed by atoms with Crippen molar-refractivity contribution in [3.05, 3.63) is 42.2 Å². The molecule has 0 aliphatic carbocycles. The highest BCUT2D eigenvalue weighted by molar-refractivity contribution is 7.98. The van der Waals surface area contributed by atoms with Gasteiger partial charge in [-0.2, -0.15) is 0 Å². The monoisotopic (exact) mass is 319 g/mol. The predicted molar refractivity (Wildman–Crippen MR) is 88.8 cm³/mol. The van der Waals surface area contributed by atoms with Gasteiger partial charge in [0.25, 0.3) is 5.91 Å².